The first-order valence-corrected chi connectivity index (χ1v) is 9.26. The number of nitrogens with one attached hydrogen (secondary N) is 1. The fourth-order valence-electron chi connectivity index (χ4n) is 2.50. The number of benzene rings is 1. The number of nitrogens with zero attached hydrogens (tertiary/aromatic N) is 1. The van der Waals surface area contributed by atoms with E-state index in [1.807, 2.05) is 0 Å². The molecular weight excluding hydrogens is 312 g/mol. The Morgan fingerprint density at radius 2 is 2.05 bits per heavy atom. The summed E-state index contributed by atoms with van der Waals surface area (Å²) in [6.07, 6.45) is 2.69. The van der Waals surface area contributed by atoms with Crippen molar-refractivity contribution in [3.05, 3.63) is 29.3 Å². The fourth-order valence-corrected chi connectivity index (χ4v) is 3.88. The van der Waals surface area contributed by atoms with Gasteiger partial charge in [-0.3, -0.25) is 0 Å². The molecule has 116 valence electrons. The van der Waals surface area contributed by atoms with Crippen molar-refractivity contribution in [3.63, 3.8) is 0 Å². The highest BCUT2D eigenvalue weighted by Gasteiger charge is 2.25. The van der Waals surface area contributed by atoms with Gasteiger partial charge in [0.2, 0.25) is 0 Å². The van der Waals surface area contributed by atoms with Crippen LogP contribution >= 0.6 is 11.6 Å². The molecule has 1 aliphatic rings. The molecule has 1 saturated heterocycles. The van der Waals surface area contributed by atoms with E-state index >= 15 is 0 Å². The van der Waals surface area contributed by atoms with E-state index in [9.17, 15) is 13.2 Å². The lowest BCUT2D eigenvalue weighted by molar-refractivity contribution is 0.187. The van der Waals surface area contributed by atoms with Crippen molar-refractivity contribution in [2.75, 3.05) is 30.4 Å². The Labute approximate surface area is 130 Å². The van der Waals surface area contributed by atoms with E-state index in [1.165, 1.54) is 6.26 Å². The van der Waals surface area contributed by atoms with Crippen LogP contribution < -0.4 is 5.32 Å². The standard InChI is InChI=1S/C14H19ClN2O3S/c1-21(19,20)10-11-5-7-17(8-6-11)14(18)16-13-4-2-3-12(15)9-13/h2-4,9,11H,5-8,10H2,1H3,(H,16,18). The van der Waals surface area contributed by atoms with Crippen LogP contribution in [-0.4, -0.2) is 44.4 Å². The molecule has 1 aliphatic heterocycles. The predicted octanol–water partition coefficient (Wildman–Crippen LogP) is 2.63. The molecule has 1 aromatic rings. The van der Waals surface area contributed by atoms with Gasteiger partial charge >= 0.3 is 6.03 Å². The minimum absolute atomic E-state index is 0.148. The van der Waals surface area contributed by atoms with Gasteiger partial charge < -0.3 is 10.2 Å². The highest BCUT2D eigenvalue weighted by Crippen LogP contribution is 2.20. The van der Waals surface area contributed by atoms with Gasteiger partial charge in [-0.1, -0.05) is 17.7 Å². The third-order valence-corrected chi connectivity index (χ3v) is 4.83. The number of piperidine rings is 1. The first-order chi connectivity index (χ1) is 9.83. The van der Waals surface area contributed by atoms with Crippen LogP contribution in [0.25, 0.3) is 0 Å². The molecule has 1 heterocycles. The summed E-state index contributed by atoms with van der Waals surface area (Å²) in [7, 11) is -2.95. The van der Waals surface area contributed by atoms with Crippen molar-refractivity contribution in [1.29, 1.82) is 0 Å². The van der Waals surface area contributed by atoms with Crippen molar-refractivity contribution in [2.24, 2.45) is 5.92 Å². The Bertz CT molecular complexity index is 610. The van der Waals surface area contributed by atoms with Crippen LogP contribution in [-0.2, 0) is 9.84 Å². The Balaban J connectivity index is 1.86. The quantitative estimate of drug-likeness (QED) is 0.926. The average Bonchev–Trinajstić information content (AvgIpc) is 2.37. The number of hydrogen-bond acceptors (Lipinski definition) is 3. The van der Waals surface area contributed by atoms with Crippen LogP contribution in [0.15, 0.2) is 24.3 Å². The number of halogens is 1. The van der Waals surface area contributed by atoms with Gasteiger partial charge in [-0.2, -0.15) is 0 Å². The SMILES string of the molecule is CS(=O)(=O)CC1CCN(C(=O)Nc2cccc(Cl)c2)CC1. The normalized spacial score (nSPS) is 16.8. The summed E-state index contributed by atoms with van der Waals surface area (Å²) in [5.74, 6) is 0.353. The maximum Gasteiger partial charge on any atom is 0.321 e. The number of likely N-dealkylation sites (tertiary alicyclic amines) is 1. The first-order valence-electron chi connectivity index (χ1n) is 6.83. The summed E-state index contributed by atoms with van der Waals surface area (Å²) < 4.78 is 22.6. The molecule has 0 saturated carbocycles. The number of carbonyl (C=O) groups excluding carboxylic acids is 1. The molecule has 0 bridgehead atoms. The van der Waals surface area contributed by atoms with Gasteiger partial charge in [0, 0.05) is 30.1 Å². The Morgan fingerprint density at radius 3 is 2.62 bits per heavy atom. The second kappa shape index (κ2) is 6.66. The van der Waals surface area contributed by atoms with Crippen LogP contribution in [0.1, 0.15) is 12.8 Å². The highest BCUT2D eigenvalue weighted by atomic mass is 35.5. The molecule has 0 aliphatic carbocycles. The van der Waals surface area contributed by atoms with E-state index in [0.717, 1.165) is 12.8 Å². The molecule has 2 amide bonds. The van der Waals surface area contributed by atoms with Gasteiger partial charge in [-0.05, 0) is 37.0 Å². The van der Waals surface area contributed by atoms with E-state index in [1.54, 1.807) is 29.2 Å². The fraction of sp³-hybridized carbons (Fsp3) is 0.500. The molecule has 0 atom stereocenters. The molecule has 7 heteroatoms. The van der Waals surface area contributed by atoms with Crippen molar-refractivity contribution in [2.45, 2.75) is 12.8 Å². The molecule has 21 heavy (non-hydrogen) atoms. The van der Waals surface area contributed by atoms with E-state index in [4.69, 9.17) is 11.6 Å². The Hall–Kier alpha value is -1.27. The smallest absolute Gasteiger partial charge is 0.321 e. The molecule has 0 spiro atoms. The largest absolute Gasteiger partial charge is 0.325 e. The monoisotopic (exact) mass is 330 g/mol. The van der Waals surface area contributed by atoms with Gasteiger partial charge in [-0.15, -0.1) is 0 Å². The summed E-state index contributed by atoms with van der Waals surface area (Å²) in [5.41, 5.74) is 0.658. The molecule has 5 nitrogen and oxygen atoms in total. The molecular formula is C14H19ClN2O3S. The number of sulfone groups is 1. The lowest BCUT2D eigenvalue weighted by atomic mass is 9.99. The van der Waals surface area contributed by atoms with Crippen molar-refractivity contribution in [1.82, 2.24) is 4.90 Å². The van der Waals surface area contributed by atoms with Crippen molar-refractivity contribution in [3.8, 4) is 0 Å². The van der Waals surface area contributed by atoms with Crippen LogP contribution in [0, 0.1) is 5.92 Å². The Kier molecular flexibility index (Phi) is 5.11. The maximum atomic E-state index is 12.1. The molecule has 0 unspecified atom stereocenters. The van der Waals surface area contributed by atoms with Gasteiger partial charge in [0.15, 0.2) is 0 Å². The molecule has 2 rings (SSSR count). The van der Waals surface area contributed by atoms with Gasteiger partial charge in [0.1, 0.15) is 9.84 Å². The number of anilines is 1. The van der Waals surface area contributed by atoms with Gasteiger partial charge in [-0.25, -0.2) is 13.2 Å². The zero-order chi connectivity index (χ0) is 15.5. The van der Waals surface area contributed by atoms with E-state index in [-0.39, 0.29) is 17.7 Å². The number of hydrogen-bond donors (Lipinski definition) is 1. The summed E-state index contributed by atoms with van der Waals surface area (Å²) >= 11 is 5.87. The summed E-state index contributed by atoms with van der Waals surface area (Å²) in [6.45, 7) is 1.15. The lowest BCUT2D eigenvalue weighted by Crippen LogP contribution is -2.42. The van der Waals surface area contributed by atoms with Crippen LogP contribution in [0.2, 0.25) is 5.02 Å². The van der Waals surface area contributed by atoms with Crippen LogP contribution in [0.5, 0.6) is 0 Å². The minimum Gasteiger partial charge on any atom is -0.325 e. The second-order valence-corrected chi connectivity index (χ2v) is 8.08. The number of rotatable bonds is 3. The topological polar surface area (TPSA) is 66.5 Å². The maximum absolute atomic E-state index is 12.1. The van der Waals surface area contributed by atoms with Crippen molar-refractivity contribution >= 4 is 33.2 Å². The van der Waals surface area contributed by atoms with Gasteiger partial charge in [0.25, 0.3) is 0 Å². The summed E-state index contributed by atoms with van der Waals surface area (Å²) in [6, 6.07) is 6.82. The highest BCUT2D eigenvalue weighted by molar-refractivity contribution is 7.90. The Morgan fingerprint density at radius 1 is 1.38 bits per heavy atom. The summed E-state index contributed by atoms with van der Waals surface area (Å²) in [5, 5.41) is 3.37. The number of carbonyl (C=O) groups is 1. The molecule has 1 aromatic carbocycles. The van der Waals surface area contributed by atoms with Crippen LogP contribution in [0.4, 0.5) is 10.5 Å². The second-order valence-electron chi connectivity index (χ2n) is 5.46. The number of amides is 2. The molecule has 1 N–H and O–H groups in total. The molecule has 1 fully saturated rings. The van der Waals surface area contributed by atoms with Crippen LogP contribution in [0.3, 0.4) is 0 Å². The van der Waals surface area contributed by atoms with Crippen molar-refractivity contribution < 1.29 is 13.2 Å². The minimum atomic E-state index is -2.95. The third-order valence-electron chi connectivity index (χ3n) is 3.52. The van der Waals surface area contributed by atoms with E-state index in [2.05, 4.69) is 5.32 Å². The first kappa shape index (κ1) is 16.1. The lowest BCUT2D eigenvalue weighted by Gasteiger charge is -2.31. The van der Waals surface area contributed by atoms with E-state index in [0.29, 0.717) is 23.8 Å². The number of urea groups is 1. The zero-order valence-corrected chi connectivity index (χ0v) is 13.5. The predicted molar refractivity (Wildman–Crippen MR) is 84.5 cm³/mol. The van der Waals surface area contributed by atoms with Gasteiger partial charge in [0.05, 0.1) is 5.75 Å². The third kappa shape index (κ3) is 5.21. The molecule has 0 aromatic heterocycles. The van der Waals surface area contributed by atoms with E-state index < -0.39 is 9.84 Å². The summed E-state index contributed by atoms with van der Waals surface area (Å²) in [4.78, 5) is 13.8. The zero-order valence-electron chi connectivity index (χ0n) is 11.9. The average molecular weight is 331 g/mol. The molecule has 0 radical (unpaired) electrons.